The predicted molar refractivity (Wildman–Crippen MR) is 144 cm³/mol. The van der Waals surface area contributed by atoms with Crippen LogP contribution in [-0.4, -0.2) is 55.8 Å². The lowest BCUT2D eigenvalue weighted by molar-refractivity contribution is -0.108. The minimum Gasteiger partial charge on any atom is -0.457 e. The van der Waals surface area contributed by atoms with Gasteiger partial charge in [0.2, 0.25) is 6.41 Å². The van der Waals surface area contributed by atoms with Crippen molar-refractivity contribution < 1.29 is 14.3 Å². The zero-order valence-corrected chi connectivity index (χ0v) is 20.8. The van der Waals surface area contributed by atoms with E-state index in [2.05, 4.69) is 28.8 Å². The largest absolute Gasteiger partial charge is 0.457 e. The number of amides is 1. The summed E-state index contributed by atoms with van der Waals surface area (Å²) in [5.41, 5.74) is 8.66. The van der Waals surface area contributed by atoms with E-state index in [1.807, 2.05) is 72.6 Å². The summed E-state index contributed by atoms with van der Waals surface area (Å²) in [4.78, 5) is 31.5. The second-order valence-corrected chi connectivity index (χ2v) is 8.26. The number of nitrogen functional groups attached to an aromatic ring is 1. The Balaban J connectivity index is 0.000000658. The number of likely N-dealkylation sites (N-methyl/N-ethyl adjacent to an activating group) is 1. The molecule has 1 atom stereocenters. The van der Waals surface area contributed by atoms with Crippen molar-refractivity contribution in [3.05, 3.63) is 66.9 Å². The van der Waals surface area contributed by atoms with Crippen molar-refractivity contribution in [3.8, 4) is 23.3 Å². The first-order valence-corrected chi connectivity index (χ1v) is 11.6. The Kier molecular flexibility index (Phi) is 9.43. The Labute approximate surface area is 212 Å². The van der Waals surface area contributed by atoms with Gasteiger partial charge in [0.15, 0.2) is 6.29 Å². The van der Waals surface area contributed by atoms with Gasteiger partial charge in [-0.15, -0.1) is 0 Å². The summed E-state index contributed by atoms with van der Waals surface area (Å²) in [6, 6.07) is 19.4. The number of ether oxygens (including phenoxy) is 1. The highest BCUT2D eigenvalue weighted by atomic mass is 16.5. The summed E-state index contributed by atoms with van der Waals surface area (Å²) >= 11 is 0. The lowest BCUT2D eigenvalue weighted by atomic mass is 10.1. The molecule has 4 rings (SSSR count). The van der Waals surface area contributed by atoms with Gasteiger partial charge in [-0.25, -0.2) is 4.98 Å². The SMILES string of the molecule is CC#CC=O.CN1CCC(N(C=O)c2ccnc(N)c2N(C)c2ccc(Oc3ccccc3)cc2)C1. The van der Waals surface area contributed by atoms with Crippen molar-refractivity contribution in [2.24, 2.45) is 0 Å². The Morgan fingerprint density at radius 3 is 2.33 bits per heavy atom. The van der Waals surface area contributed by atoms with Crippen molar-refractivity contribution in [2.75, 3.05) is 42.7 Å². The highest BCUT2D eigenvalue weighted by molar-refractivity contribution is 5.91. The van der Waals surface area contributed by atoms with E-state index in [1.165, 1.54) is 0 Å². The maximum atomic E-state index is 12.1. The van der Waals surface area contributed by atoms with Crippen LogP contribution in [0.3, 0.4) is 0 Å². The molecule has 1 aliphatic rings. The van der Waals surface area contributed by atoms with Crippen LogP contribution in [0.4, 0.5) is 22.9 Å². The number of aromatic nitrogens is 1. The summed E-state index contributed by atoms with van der Waals surface area (Å²) in [6.45, 7) is 3.41. The number of aldehydes is 1. The Bertz CT molecular complexity index is 1210. The molecule has 0 aliphatic carbocycles. The van der Waals surface area contributed by atoms with Crippen molar-refractivity contribution in [3.63, 3.8) is 0 Å². The van der Waals surface area contributed by atoms with Crippen LogP contribution in [-0.2, 0) is 9.59 Å². The van der Waals surface area contributed by atoms with E-state index in [4.69, 9.17) is 10.5 Å². The van der Waals surface area contributed by atoms with Crippen LogP contribution in [0.25, 0.3) is 0 Å². The standard InChI is InChI=1S/C24H27N5O2.C4H4O/c1-27-15-13-19(16-27)29(17-30)22-12-14-26-24(25)23(22)28(2)18-8-10-21(11-9-18)31-20-6-4-3-5-7-20;1-2-3-4-5/h3-12,14,17,19H,13,15-16H2,1-2H3,(H2,25,26);4H,1H3. The van der Waals surface area contributed by atoms with Crippen LogP contribution >= 0.6 is 0 Å². The number of hydrogen-bond donors (Lipinski definition) is 1. The Morgan fingerprint density at radius 1 is 1.08 bits per heavy atom. The third-order valence-corrected chi connectivity index (χ3v) is 5.82. The van der Waals surface area contributed by atoms with Gasteiger partial charge < -0.3 is 25.2 Å². The number of carbonyl (C=O) groups is 2. The molecule has 1 fully saturated rings. The summed E-state index contributed by atoms with van der Waals surface area (Å²) in [5, 5.41) is 0. The van der Waals surface area contributed by atoms with Gasteiger partial charge >= 0.3 is 0 Å². The third kappa shape index (κ3) is 6.62. The van der Waals surface area contributed by atoms with Crippen LogP contribution in [0.2, 0.25) is 0 Å². The summed E-state index contributed by atoms with van der Waals surface area (Å²) in [6.07, 6.45) is 4.03. The second-order valence-electron chi connectivity index (χ2n) is 8.26. The molecule has 36 heavy (non-hydrogen) atoms. The molecule has 186 valence electrons. The molecule has 1 amide bonds. The van der Waals surface area contributed by atoms with Crippen LogP contribution in [0, 0.1) is 11.8 Å². The van der Waals surface area contributed by atoms with E-state index >= 15 is 0 Å². The molecule has 2 N–H and O–H groups in total. The molecule has 0 spiro atoms. The van der Waals surface area contributed by atoms with E-state index in [-0.39, 0.29) is 6.04 Å². The molecule has 2 heterocycles. The van der Waals surface area contributed by atoms with Gasteiger partial charge in [0, 0.05) is 25.5 Å². The Morgan fingerprint density at radius 2 is 1.78 bits per heavy atom. The van der Waals surface area contributed by atoms with Crippen LogP contribution in [0.15, 0.2) is 66.9 Å². The molecular weight excluding hydrogens is 454 g/mol. The van der Waals surface area contributed by atoms with Crippen LogP contribution in [0.1, 0.15) is 13.3 Å². The van der Waals surface area contributed by atoms with Gasteiger partial charge in [0.25, 0.3) is 0 Å². The van der Waals surface area contributed by atoms with Gasteiger partial charge in [-0.3, -0.25) is 9.59 Å². The number of likely N-dealkylation sites (tertiary alicyclic amines) is 1. The molecule has 8 heteroatoms. The van der Waals surface area contributed by atoms with E-state index in [0.29, 0.717) is 17.8 Å². The zero-order valence-electron chi connectivity index (χ0n) is 20.8. The first-order valence-electron chi connectivity index (χ1n) is 11.6. The number of carbonyl (C=O) groups excluding carboxylic acids is 2. The number of anilines is 4. The van der Waals surface area contributed by atoms with Crippen LogP contribution < -0.4 is 20.3 Å². The maximum Gasteiger partial charge on any atom is 0.214 e. The fraction of sp³-hybridized carbons (Fsp3) is 0.250. The van der Waals surface area contributed by atoms with E-state index in [0.717, 1.165) is 48.8 Å². The van der Waals surface area contributed by atoms with Gasteiger partial charge in [0.05, 0.1) is 11.7 Å². The third-order valence-electron chi connectivity index (χ3n) is 5.82. The lowest BCUT2D eigenvalue weighted by Gasteiger charge is -2.31. The smallest absolute Gasteiger partial charge is 0.214 e. The van der Waals surface area contributed by atoms with Gasteiger partial charge in [-0.1, -0.05) is 24.1 Å². The monoisotopic (exact) mass is 485 g/mol. The first-order chi connectivity index (χ1) is 17.5. The molecule has 1 saturated heterocycles. The number of hydrogen-bond acceptors (Lipinski definition) is 7. The molecule has 1 aromatic heterocycles. The number of benzene rings is 2. The summed E-state index contributed by atoms with van der Waals surface area (Å²) in [5.74, 6) is 6.48. The van der Waals surface area contributed by atoms with E-state index in [1.54, 1.807) is 18.0 Å². The number of pyridine rings is 1. The minimum atomic E-state index is 0.109. The molecule has 1 unspecified atom stereocenters. The fourth-order valence-corrected chi connectivity index (χ4v) is 4.04. The van der Waals surface area contributed by atoms with Gasteiger partial charge in [-0.05, 0) is 75.3 Å². The van der Waals surface area contributed by atoms with Gasteiger partial charge in [0.1, 0.15) is 23.0 Å². The molecule has 2 aromatic carbocycles. The van der Waals surface area contributed by atoms with E-state index < -0.39 is 0 Å². The molecular formula is C28H31N5O3. The molecule has 0 radical (unpaired) electrons. The number of rotatable bonds is 7. The number of para-hydroxylation sites is 1. The summed E-state index contributed by atoms with van der Waals surface area (Å²) in [7, 11) is 3.99. The quantitative estimate of drug-likeness (QED) is 0.398. The molecule has 3 aromatic rings. The zero-order chi connectivity index (χ0) is 25.9. The Hall–Kier alpha value is -4.35. The number of nitrogens with two attached hydrogens (primary N) is 1. The topological polar surface area (TPSA) is 92.0 Å². The highest BCUT2D eigenvalue weighted by Gasteiger charge is 2.29. The second kappa shape index (κ2) is 12.9. The maximum absolute atomic E-state index is 12.1. The van der Waals surface area contributed by atoms with Crippen molar-refractivity contribution in [1.82, 2.24) is 9.88 Å². The average molecular weight is 486 g/mol. The molecule has 0 bridgehead atoms. The van der Waals surface area contributed by atoms with Crippen molar-refractivity contribution in [1.29, 1.82) is 0 Å². The normalized spacial score (nSPS) is 14.5. The number of nitrogens with zero attached hydrogens (tertiary/aromatic N) is 4. The summed E-state index contributed by atoms with van der Waals surface area (Å²) < 4.78 is 5.88. The van der Waals surface area contributed by atoms with Crippen molar-refractivity contribution in [2.45, 2.75) is 19.4 Å². The minimum absolute atomic E-state index is 0.109. The average Bonchev–Trinajstić information content (AvgIpc) is 3.32. The van der Waals surface area contributed by atoms with Crippen LogP contribution in [0.5, 0.6) is 11.5 Å². The predicted octanol–water partition coefficient (Wildman–Crippen LogP) is 4.10. The van der Waals surface area contributed by atoms with Gasteiger partial charge in [-0.2, -0.15) is 0 Å². The fourth-order valence-electron chi connectivity index (χ4n) is 4.04. The molecule has 0 saturated carbocycles. The van der Waals surface area contributed by atoms with Crippen molar-refractivity contribution >= 4 is 35.6 Å². The first kappa shape index (κ1) is 26.3. The molecule has 8 nitrogen and oxygen atoms in total. The highest BCUT2D eigenvalue weighted by Crippen LogP contribution is 2.38. The molecule has 1 aliphatic heterocycles. The lowest BCUT2D eigenvalue weighted by Crippen LogP contribution is -2.37. The van der Waals surface area contributed by atoms with E-state index in [9.17, 15) is 9.59 Å².